The molecule has 3 rings (SSSR count). The molecule has 2 aliphatic rings. The number of morpholine rings is 1. The lowest BCUT2D eigenvalue weighted by atomic mass is 10.0. The molecular weight excluding hydrogens is 264 g/mol. The van der Waals surface area contributed by atoms with Crippen LogP contribution in [-0.2, 0) is 9.53 Å². The molecule has 2 fully saturated rings. The van der Waals surface area contributed by atoms with Crippen molar-refractivity contribution in [3.8, 4) is 0 Å². The maximum absolute atomic E-state index is 12.4. The number of likely N-dealkylation sites (N-methyl/N-ethyl adjacent to an activating group) is 1. The average Bonchev–Trinajstić information content (AvgIpc) is 3.32. The summed E-state index contributed by atoms with van der Waals surface area (Å²) in [7, 11) is 1.93. The van der Waals surface area contributed by atoms with Gasteiger partial charge in [-0.05, 0) is 25.3 Å². The second-order valence-electron chi connectivity index (χ2n) is 6.24. The molecule has 1 aliphatic heterocycles. The van der Waals surface area contributed by atoms with E-state index in [0.29, 0.717) is 19.2 Å². The number of carbonyl (C=O) groups excluding carboxylic acids is 1. The smallest absolute Gasteiger partial charge is 0.236 e. The van der Waals surface area contributed by atoms with E-state index in [2.05, 4.69) is 24.0 Å². The fraction of sp³-hybridized carbons (Fsp3) is 0.588. The highest BCUT2D eigenvalue weighted by atomic mass is 16.5. The highest BCUT2D eigenvalue weighted by Gasteiger charge is 2.33. The zero-order valence-corrected chi connectivity index (χ0v) is 12.9. The van der Waals surface area contributed by atoms with E-state index in [9.17, 15) is 4.79 Å². The standard InChI is InChI=1S/C17H24N2O2/c1-13-10-19(11-17(20)18(2)15-8-9-15)16(12-21-13)14-6-4-3-5-7-14/h3-7,13,15-16H,8-12H2,1-2H3/t13-,16+/m0/s1. The normalized spacial score (nSPS) is 26.6. The lowest BCUT2D eigenvalue weighted by molar-refractivity contribution is -0.135. The van der Waals surface area contributed by atoms with Crippen LogP contribution in [0.2, 0.25) is 0 Å². The Kier molecular flexibility index (Phi) is 4.27. The Labute approximate surface area is 126 Å². The van der Waals surface area contributed by atoms with E-state index in [1.165, 1.54) is 5.56 Å². The minimum Gasteiger partial charge on any atom is -0.375 e. The fourth-order valence-corrected chi connectivity index (χ4v) is 2.98. The van der Waals surface area contributed by atoms with Gasteiger partial charge < -0.3 is 9.64 Å². The van der Waals surface area contributed by atoms with Crippen LogP contribution in [0.5, 0.6) is 0 Å². The molecule has 1 aromatic rings. The van der Waals surface area contributed by atoms with Gasteiger partial charge in [0, 0.05) is 19.6 Å². The average molecular weight is 288 g/mol. The van der Waals surface area contributed by atoms with Crippen LogP contribution < -0.4 is 0 Å². The van der Waals surface area contributed by atoms with Crippen molar-refractivity contribution >= 4 is 5.91 Å². The van der Waals surface area contributed by atoms with Crippen molar-refractivity contribution in [1.29, 1.82) is 0 Å². The van der Waals surface area contributed by atoms with E-state index in [1.807, 2.05) is 30.1 Å². The van der Waals surface area contributed by atoms with Crippen LogP contribution in [0.15, 0.2) is 30.3 Å². The van der Waals surface area contributed by atoms with E-state index < -0.39 is 0 Å². The van der Waals surface area contributed by atoms with Gasteiger partial charge in [-0.15, -0.1) is 0 Å². The van der Waals surface area contributed by atoms with Crippen LogP contribution in [0.25, 0.3) is 0 Å². The number of carbonyl (C=O) groups is 1. The second kappa shape index (κ2) is 6.16. The van der Waals surface area contributed by atoms with Crippen molar-refractivity contribution in [2.45, 2.75) is 38.0 Å². The highest BCUT2D eigenvalue weighted by molar-refractivity contribution is 5.78. The van der Waals surface area contributed by atoms with Crippen molar-refractivity contribution in [1.82, 2.24) is 9.80 Å². The molecule has 1 saturated heterocycles. The molecule has 0 unspecified atom stereocenters. The Morgan fingerprint density at radius 2 is 2.05 bits per heavy atom. The summed E-state index contributed by atoms with van der Waals surface area (Å²) in [4.78, 5) is 16.6. The van der Waals surface area contributed by atoms with Crippen LogP contribution >= 0.6 is 0 Å². The van der Waals surface area contributed by atoms with Crippen LogP contribution in [0.3, 0.4) is 0 Å². The van der Waals surface area contributed by atoms with Gasteiger partial charge in [-0.2, -0.15) is 0 Å². The summed E-state index contributed by atoms with van der Waals surface area (Å²) in [6.07, 6.45) is 2.50. The van der Waals surface area contributed by atoms with Crippen molar-refractivity contribution in [3.63, 3.8) is 0 Å². The van der Waals surface area contributed by atoms with Crippen molar-refractivity contribution < 1.29 is 9.53 Å². The predicted octanol–water partition coefficient (Wildman–Crippen LogP) is 2.07. The van der Waals surface area contributed by atoms with Gasteiger partial charge in [0.05, 0.1) is 25.3 Å². The molecule has 114 valence electrons. The minimum atomic E-state index is 0.180. The first-order chi connectivity index (χ1) is 10.1. The van der Waals surface area contributed by atoms with Gasteiger partial charge in [0.2, 0.25) is 5.91 Å². The number of hydrogen-bond acceptors (Lipinski definition) is 3. The first-order valence-corrected chi connectivity index (χ1v) is 7.81. The molecule has 0 aromatic heterocycles. The molecule has 1 aromatic carbocycles. The molecule has 2 atom stereocenters. The Morgan fingerprint density at radius 3 is 2.71 bits per heavy atom. The van der Waals surface area contributed by atoms with Crippen LogP contribution in [0, 0.1) is 0 Å². The Hall–Kier alpha value is -1.39. The van der Waals surface area contributed by atoms with E-state index in [-0.39, 0.29) is 18.1 Å². The zero-order valence-electron chi connectivity index (χ0n) is 12.9. The summed E-state index contributed by atoms with van der Waals surface area (Å²) in [5.41, 5.74) is 1.23. The number of benzene rings is 1. The van der Waals surface area contributed by atoms with Crippen molar-refractivity contribution in [2.24, 2.45) is 0 Å². The molecule has 21 heavy (non-hydrogen) atoms. The number of amides is 1. The molecule has 0 bridgehead atoms. The highest BCUT2D eigenvalue weighted by Crippen LogP contribution is 2.28. The minimum absolute atomic E-state index is 0.180. The number of rotatable bonds is 4. The largest absolute Gasteiger partial charge is 0.375 e. The Morgan fingerprint density at radius 1 is 1.33 bits per heavy atom. The van der Waals surface area contributed by atoms with Gasteiger partial charge in [-0.25, -0.2) is 0 Å². The van der Waals surface area contributed by atoms with Gasteiger partial charge in [0.1, 0.15) is 0 Å². The summed E-state index contributed by atoms with van der Waals surface area (Å²) in [5, 5.41) is 0. The number of ether oxygens (including phenoxy) is 1. The molecule has 0 radical (unpaired) electrons. The summed E-state index contributed by atoms with van der Waals surface area (Å²) in [6.45, 7) is 4.03. The van der Waals surface area contributed by atoms with Gasteiger partial charge in [0.15, 0.2) is 0 Å². The van der Waals surface area contributed by atoms with E-state index in [4.69, 9.17) is 4.74 Å². The first kappa shape index (κ1) is 14.5. The fourth-order valence-electron chi connectivity index (χ4n) is 2.98. The second-order valence-corrected chi connectivity index (χ2v) is 6.24. The lowest BCUT2D eigenvalue weighted by Crippen LogP contribution is -2.48. The van der Waals surface area contributed by atoms with Gasteiger partial charge >= 0.3 is 0 Å². The third-order valence-electron chi connectivity index (χ3n) is 4.48. The lowest BCUT2D eigenvalue weighted by Gasteiger charge is -2.39. The molecule has 0 N–H and O–H groups in total. The quantitative estimate of drug-likeness (QED) is 0.850. The van der Waals surface area contributed by atoms with E-state index in [1.54, 1.807) is 0 Å². The predicted molar refractivity (Wildman–Crippen MR) is 82.0 cm³/mol. The molecule has 4 heteroatoms. The number of nitrogens with zero attached hydrogens (tertiary/aromatic N) is 2. The SMILES string of the molecule is C[C@H]1CN(CC(=O)N(C)C2CC2)[C@@H](c2ccccc2)CO1. The van der Waals surface area contributed by atoms with Gasteiger partial charge in [-0.3, -0.25) is 9.69 Å². The molecule has 1 amide bonds. The molecular formula is C17H24N2O2. The monoisotopic (exact) mass is 288 g/mol. The topological polar surface area (TPSA) is 32.8 Å². The Bertz CT molecular complexity index is 487. The molecule has 0 spiro atoms. The third-order valence-corrected chi connectivity index (χ3v) is 4.48. The van der Waals surface area contributed by atoms with Crippen molar-refractivity contribution in [2.75, 3.05) is 26.7 Å². The summed E-state index contributed by atoms with van der Waals surface area (Å²) in [5.74, 6) is 0.229. The first-order valence-electron chi connectivity index (χ1n) is 7.81. The Balaban J connectivity index is 1.70. The summed E-state index contributed by atoms with van der Waals surface area (Å²) >= 11 is 0. The number of hydrogen-bond donors (Lipinski definition) is 0. The van der Waals surface area contributed by atoms with Gasteiger partial charge in [0.25, 0.3) is 0 Å². The van der Waals surface area contributed by atoms with Gasteiger partial charge in [-0.1, -0.05) is 30.3 Å². The van der Waals surface area contributed by atoms with Crippen molar-refractivity contribution in [3.05, 3.63) is 35.9 Å². The van der Waals surface area contributed by atoms with Crippen LogP contribution in [0.4, 0.5) is 0 Å². The zero-order chi connectivity index (χ0) is 14.8. The van der Waals surface area contributed by atoms with Crippen LogP contribution in [-0.4, -0.2) is 54.6 Å². The van der Waals surface area contributed by atoms with Crippen LogP contribution in [0.1, 0.15) is 31.4 Å². The molecule has 1 saturated carbocycles. The van der Waals surface area contributed by atoms with E-state index >= 15 is 0 Å². The maximum Gasteiger partial charge on any atom is 0.236 e. The third kappa shape index (κ3) is 3.44. The summed E-state index contributed by atoms with van der Waals surface area (Å²) in [6, 6.07) is 11.0. The molecule has 1 aliphatic carbocycles. The van der Waals surface area contributed by atoms with E-state index in [0.717, 1.165) is 19.4 Å². The summed E-state index contributed by atoms with van der Waals surface area (Å²) < 4.78 is 5.81. The maximum atomic E-state index is 12.4. The molecule has 4 nitrogen and oxygen atoms in total. The molecule has 1 heterocycles.